The summed E-state index contributed by atoms with van der Waals surface area (Å²) >= 11 is 0. The topological polar surface area (TPSA) is 12.0 Å². The second kappa shape index (κ2) is 4.67. The van der Waals surface area contributed by atoms with Crippen molar-refractivity contribution in [3.63, 3.8) is 0 Å². The average molecular weight is 233 g/mol. The van der Waals surface area contributed by atoms with Crippen LogP contribution in [0.3, 0.4) is 0 Å². The molecule has 1 heterocycles. The van der Waals surface area contributed by atoms with Crippen LogP contribution in [-0.2, 0) is 0 Å². The third-order valence-electron chi connectivity index (χ3n) is 4.40. The van der Waals surface area contributed by atoms with Gasteiger partial charge < -0.3 is 5.32 Å². The lowest BCUT2D eigenvalue weighted by Crippen LogP contribution is -2.24. The summed E-state index contributed by atoms with van der Waals surface area (Å²) in [6.07, 6.45) is 8.10. The molecule has 1 aromatic rings. The van der Waals surface area contributed by atoms with Crippen LogP contribution in [0.25, 0.3) is 0 Å². The van der Waals surface area contributed by atoms with Crippen LogP contribution in [-0.4, -0.2) is 6.54 Å². The number of rotatable bonds is 1. The summed E-state index contributed by atoms with van der Waals surface area (Å²) in [6, 6.07) is 5.27. The van der Waals surface area contributed by atoms with E-state index in [1.54, 1.807) is 12.1 Å². The van der Waals surface area contributed by atoms with Gasteiger partial charge in [-0.2, -0.15) is 0 Å². The summed E-state index contributed by atoms with van der Waals surface area (Å²) in [4.78, 5) is 0. The fourth-order valence-corrected chi connectivity index (χ4v) is 3.55. The molecule has 1 N–H and O–H groups in total. The third kappa shape index (κ3) is 2.18. The Hall–Kier alpha value is -1.05. The smallest absolute Gasteiger partial charge is 0.125 e. The van der Waals surface area contributed by atoms with Gasteiger partial charge in [-0.15, -0.1) is 0 Å². The SMILES string of the molecule is Fc1ccc2c(c1)NCCC2C1CCCCC1. The molecule has 1 aliphatic carbocycles. The lowest BCUT2D eigenvalue weighted by Gasteiger charge is -2.35. The second-order valence-electron chi connectivity index (χ2n) is 5.45. The van der Waals surface area contributed by atoms with Crippen molar-refractivity contribution >= 4 is 5.69 Å². The monoisotopic (exact) mass is 233 g/mol. The van der Waals surface area contributed by atoms with Crippen LogP contribution in [0.5, 0.6) is 0 Å². The Morgan fingerprint density at radius 2 is 1.88 bits per heavy atom. The van der Waals surface area contributed by atoms with Crippen molar-refractivity contribution in [3.8, 4) is 0 Å². The van der Waals surface area contributed by atoms with Gasteiger partial charge in [0.25, 0.3) is 0 Å². The van der Waals surface area contributed by atoms with E-state index in [2.05, 4.69) is 5.32 Å². The standard InChI is InChI=1S/C15H20FN/c16-12-6-7-14-13(8-9-17-15(14)10-12)11-4-2-1-3-5-11/h6-7,10-11,13,17H,1-5,8-9H2. The molecule has 1 saturated carbocycles. The van der Waals surface area contributed by atoms with E-state index in [-0.39, 0.29) is 5.82 Å². The van der Waals surface area contributed by atoms with Crippen molar-refractivity contribution < 1.29 is 4.39 Å². The highest BCUT2D eigenvalue weighted by molar-refractivity contribution is 5.55. The first-order chi connectivity index (χ1) is 8.34. The number of fused-ring (bicyclic) bond motifs is 1. The molecule has 0 radical (unpaired) electrons. The minimum Gasteiger partial charge on any atom is -0.385 e. The van der Waals surface area contributed by atoms with Gasteiger partial charge in [0, 0.05) is 12.2 Å². The number of hydrogen-bond donors (Lipinski definition) is 1. The predicted octanol–water partition coefficient (Wildman–Crippen LogP) is 4.31. The highest BCUT2D eigenvalue weighted by Gasteiger charge is 2.28. The molecule has 2 aliphatic rings. The van der Waals surface area contributed by atoms with Crippen molar-refractivity contribution in [2.45, 2.75) is 44.4 Å². The van der Waals surface area contributed by atoms with Crippen LogP contribution < -0.4 is 5.32 Å². The summed E-state index contributed by atoms with van der Waals surface area (Å²) in [6.45, 7) is 0.998. The lowest BCUT2D eigenvalue weighted by atomic mass is 9.74. The molecule has 1 atom stereocenters. The fourth-order valence-electron chi connectivity index (χ4n) is 3.55. The number of hydrogen-bond acceptors (Lipinski definition) is 1. The highest BCUT2D eigenvalue weighted by Crippen LogP contribution is 2.42. The van der Waals surface area contributed by atoms with Gasteiger partial charge in [0.05, 0.1) is 0 Å². The molecular weight excluding hydrogens is 213 g/mol. The zero-order valence-electron chi connectivity index (χ0n) is 10.2. The van der Waals surface area contributed by atoms with Crippen LogP contribution in [0.4, 0.5) is 10.1 Å². The molecule has 92 valence electrons. The number of halogens is 1. The minimum atomic E-state index is -0.124. The van der Waals surface area contributed by atoms with Gasteiger partial charge in [-0.05, 0) is 48.8 Å². The molecule has 0 saturated heterocycles. The van der Waals surface area contributed by atoms with Crippen LogP contribution in [0.1, 0.15) is 50.0 Å². The molecule has 17 heavy (non-hydrogen) atoms. The zero-order chi connectivity index (χ0) is 11.7. The second-order valence-corrected chi connectivity index (χ2v) is 5.45. The Labute approximate surface area is 102 Å². The predicted molar refractivity (Wildman–Crippen MR) is 68.8 cm³/mol. The molecule has 2 heteroatoms. The van der Waals surface area contributed by atoms with E-state index < -0.39 is 0 Å². The van der Waals surface area contributed by atoms with Crippen molar-refractivity contribution in [1.29, 1.82) is 0 Å². The molecule has 1 unspecified atom stereocenters. The van der Waals surface area contributed by atoms with Gasteiger partial charge in [-0.1, -0.05) is 25.3 Å². The van der Waals surface area contributed by atoms with Gasteiger partial charge in [0.15, 0.2) is 0 Å². The van der Waals surface area contributed by atoms with Crippen LogP contribution in [0.2, 0.25) is 0 Å². The summed E-state index contributed by atoms with van der Waals surface area (Å²) in [7, 11) is 0. The van der Waals surface area contributed by atoms with Crippen molar-refractivity contribution in [3.05, 3.63) is 29.6 Å². The maximum absolute atomic E-state index is 13.2. The Morgan fingerprint density at radius 1 is 1.06 bits per heavy atom. The zero-order valence-corrected chi connectivity index (χ0v) is 10.2. The van der Waals surface area contributed by atoms with E-state index in [1.807, 2.05) is 6.07 Å². The van der Waals surface area contributed by atoms with E-state index in [0.717, 1.165) is 18.2 Å². The normalized spacial score (nSPS) is 25.1. The molecule has 1 aliphatic heterocycles. The van der Waals surface area contributed by atoms with Crippen LogP contribution >= 0.6 is 0 Å². The molecule has 1 aromatic carbocycles. The van der Waals surface area contributed by atoms with Gasteiger partial charge in [0.2, 0.25) is 0 Å². The molecule has 0 spiro atoms. The first-order valence-corrected chi connectivity index (χ1v) is 6.88. The molecule has 1 fully saturated rings. The number of benzene rings is 1. The average Bonchev–Trinajstić information content (AvgIpc) is 2.39. The Morgan fingerprint density at radius 3 is 2.71 bits per heavy atom. The van der Waals surface area contributed by atoms with Gasteiger partial charge >= 0.3 is 0 Å². The van der Waals surface area contributed by atoms with E-state index >= 15 is 0 Å². The van der Waals surface area contributed by atoms with Crippen LogP contribution in [0.15, 0.2) is 18.2 Å². The largest absolute Gasteiger partial charge is 0.385 e. The van der Waals surface area contributed by atoms with Gasteiger partial charge in [-0.25, -0.2) is 4.39 Å². The molecule has 0 aromatic heterocycles. The quantitative estimate of drug-likeness (QED) is 0.762. The van der Waals surface area contributed by atoms with Crippen molar-refractivity contribution in [2.75, 3.05) is 11.9 Å². The van der Waals surface area contributed by atoms with E-state index in [9.17, 15) is 4.39 Å². The van der Waals surface area contributed by atoms with Gasteiger partial charge in [0.1, 0.15) is 5.82 Å². The Kier molecular flexibility index (Phi) is 3.04. The lowest BCUT2D eigenvalue weighted by molar-refractivity contribution is 0.294. The fraction of sp³-hybridized carbons (Fsp3) is 0.600. The number of nitrogens with one attached hydrogen (secondary N) is 1. The molecule has 3 rings (SSSR count). The first-order valence-electron chi connectivity index (χ1n) is 6.88. The van der Waals surface area contributed by atoms with Gasteiger partial charge in [-0.3, -0.25) is 0 Å². The number of anilines is 1. The minimum absolute atomic E-state index is 0.124. The maximum Gasteiger partial charge on any atom is 0.125 e. The highest BCUT2D eigenvalue weighted by atomic mass is 19.1. The van der Waals surface area contributed by atoms with Crippen molar-refractivity contribution in [1.82, 2.24) is 0 Å². The molecule has 0 amide bonds. The van der Waals surface area contributed by atoms with E-state index in [0.29, 0.717) is 5.92 Å². The molecule has 0 bridgehead atoms. The van der Waals surface area contributed by atoms with Crippen molar-refractivity contribution in [2.24, 2.45) is 5.92 Å². The Balaban J connectivity index is 1.88. The molecular formula is C15H20FN. The summed E-state index contributed by atoms with van der Waals surface area (Å²) in [5.74, 6) is 1.36. The summed E-state index contributed by atoms with van der Waals surface area (Å²) in [5, 5.41) is 3.33. The summed E-state index contributed by atoms with van der Waals surface area (Å²) in [5.41, 5.74) is 2.39. The van der Waals surface area contributed by atoms with E-state index in [4.69, 9.17) is 0 Å². The maximum atomic E-state index is 13.2. The van der Waals surface area contributed by atoms with E-state index in [1.165, 1.54) is 44.1 Å². The van der Waals surface area contributed by atoms with Crippen LogP contribution in [0, 0.1) is 11.7 Å². The molecule has 1 nitrogen and oxygen atoms in total. The third-order valence-corrected chi connectivity index (χ3v) is 4.40. The summed E-state index contributed by atoms with van der Waals surface area (Å²) < 4.78 is 13.2. The Bertz CT molecular complexity index is 396. The first kappa shape index (κ1) is 11.1.